The fourth-order valence-electron chi connectivity index (χ4n) is 4.17. The van der Waals surface area contributed by atoms with E-state index in [1.807, 2.05) is 12.1 Å². The van der Waals surface area contributed by atoms with Crippen LogP contribution in [0.2, 0.25) is 0 Å². The van der Waals surface area contributed by atoms with Crippen LogP contribution >= 0.6 is 22.9 Å². The number of rotatable bonds is 11. The quantitative estimate of drug-likeness (QED) is 0.337. The zero-order chi connectivity index (χ0) is 20.7. The molecule has 6 atom stereocenters. The van der Waals surface area contributed by atoms with Crippen LogP contribution in [0.1, 0.15) is 66.9 Å². The predicted molar refractivity (Wildman–Crippen MR) is 115 cm³/mol. The number of aliphatic hydroxyl groups is 2. The monoisotopic (exact) mass is 428 g/mol. The highest BCUT2D eigenvalue weighted by Crippen LogP contribution is 2.43. The van der Waals surface area contributed by atoms with Gasteiger partial charge in [0.05, 0.1) is 12.2 Å². The number of hydrogen-bond acceptors (Lipinski definition) is 4. The SMILES string of the molecule is C[C@@H]1C[C@@H](Cl)[C@H](CCCc2ccc(C(=O)O)s2)[C@H]1/C=C/[C@@H](O)CCC[C@@H](C)O. The molecule has 1 fully saturated rings. The molecule has 1 aromatic rings. The van der Waals surface area contributed by atoms with E-state index < -0.39 is 12.1 Å². The normalized spacial score (nSPS) is 27.3. The third-order valence-electron chi connectivity index (χ3n) is 5.72. The lowest BCUT2D eigenvalue weighted by atomic mass is 9.86. The van der Waals surface area contributed by atoms with Gasteiger partial charge >= 0.3 is 5.97 Å². The van der Waals surface area contributed by atoms with Crippen LogP contribution < -0.4 is 0 Å². The van der Waals surface area contributed by atoms with E-state index >= 15 is 0 Å². The lowest BCUT2D eigenvalue weighted by molar-refractivity contribution is 0.0702. The Kier molecular flexibility index (Phi) is 9.48. The summed E-state index contributed by atoms with van der Waals surface area (Å²) in [6.45, 7) is 3.99. The number of thiophene rings is 1. The fourth-order valence-corrected chi connectivity index (χ4v) is 5.63. The van der Waals surface area contributed by atoms with Gasteiger partial charge in [-0.3, -0.25) is 0 Å². The summed E-state index contributed by atoms with van der Waals surface area (Å²) < 4.78 is 0. The molecule has 4 nitrogen and oxygen atoms in total. The summed E-state index contributed by atoms with van der Waals surface area (Å²) in [5.41, 5.74) is 0. The van der Waals surface area contributed by atoms with Gasteiger partial charge in [0.25, 0.3) is 0 Å². The van der Waals surface area contributed by atoms with Gasteiger partial charge < -0.3 is 15.3 Å². The second-order valence-electron chi connectivity index (χ2n) is 8.17. The summed E-state index contributed by atoms with van der Waals surface area (Å²) in [5, 5.41) is 28.7. The summed E-state index contributed by atoms with van der Waals surface area (Å²) >= 11 is 7.98. The summed E-state index contributed by atoms with van der Waals surface area (Å²) in [6.07, 6.45) is 9.32. The molecule has 0 radical (unpaired) electrons. The number of aryl methyl sites for hydroxylation is 1. The van der Waals surface area contributed by atoms with E-state index in [1.54, 1.807) is 13.0 Å². The van der Waals surface area contributed by atoms with Gasteiger partial charge in [-0.05, 0) is 81.8 Å². The average Bonchev–Trinajstić information content (AvgIpc) is 3.18. The molecule has 1 saturated carbocycles. The standard InChI is InChI=1S/C22H33ClO4S/c1-14-13-20(23)19(8-4-7-17-10-12-21(28-17)22(26)27)18(14)11-9-16(25)6-3-5-15(2)24/h9-12,14-16,18-20,24-25H,3-8,13H2,1-2H3,(H,26,27)/b11-9+/t14-,15-,16+,18+,19-,20-/m1/s1. The minimum absolute atomic E-state index is 0.148. The molecule has 158 valence electrons. The molecule has 0 aliphatic heterocycles. The molecule has 0 unspecified atom stereocenters. The molecule has 0 amide bonds. The first-order chi connectivity index (χ1) is 13.3. The molecule has 0 saturated heterocycles. The smallest absolute Gasteiger partial charge is 0.345 e. The molecule has 2 rings (SSSR count). The van der Waals surface area contributed by atoms with Gasteiger partial charge in [-0.25, -0.2) is 4.79 Å². The van der Waals surface area contributed by atoms with Crippen LogP contribution in [0.4, 0.5) is 0 Å². The maximum absolute atomic E-state index is 11.0. The van der Waals surface area contributed by atoms with Crippen LogP contribution in [-0.2, 0) is 6.42 Å². The van der Waals surface area contributed by atoms with Crippen molar-refractivity contribution >= 4 is 28.9 Å². The van der Waals surface area contributed by atoms with Crippen molar-refractivity contribution < 1.29 is 20.1 Å². The number of carboxylic acids is 1. The van der Waals surface area contributed by atoms with Crippen molar-refractivity contribution in [3.8, 4) is 0 Å². The fraction of sp³-hybridized carbons (Fsp3) is 0.682. The first-order valence-corrected chi connectivity index (χ1v) is 11.5. The minimum Gasteiger partial charge on any atom is -0.477 e. The number of aliphatic hydroxyl groups excluding tert-OH is 2. The Morgan fingerprint density at radius 3 is 2.71 bits per heavy atom. The number of hydrogen-bond donors (Lipinski definition) is 3. The van der Waals surface area contributed by atoms with Gasteiger partial charge in [-0.1, -0.05) is 19.1 Å². The highest BCUT2D eigenvalue weighted by atomic mass is 35.5. The van der Waals surface area contributed by atoms with E-state index in [0.29, 0.717) is 35.5 Å². The zero-order valence-corrected chi connectivity index (χ0v) is 18.3. The van der Waals surface area contributed by atoms with Gasteiger partial charge in [0, 0.05) is 10.3 Å². The molecule has 1 aliphatic carbocycles. The second-order valence-corrected chi connectivity index (χ2v) is 9.89. The van der Waals surface area contributed by atoms with Crippen molar-refractivity contribution in [1.29, 1.82) is 0 Å². The molecule has 0 spiro atoms. The van der Waals surface area contributed by atoms with Crippen LogP contribution in [0.15, 0.2) is 24.3 Å². The number of allylic oxidation sites excluding steroid dienone is 1. The van der Waals surface area contributed by atoms with E-state index in [2.05, 4.69) is 13.0 Å². The van der Waals surface area contributed by atoms with Crippen LogP contribution in [0.25, 0.3) is 0 Å². The largest absolute Gasteiger partial charge is 0.477 e. The van der Waals surface area contributed by atoms with Crippen LogP contribution in [0.5, 0.6) is 0 Å². The van der Waals surface area contributed by atoms with Crippen molar-refractivity contribution in [2.24, 2.45) is 17.8 Å². The van der Waals surface area contributed by atoms with Crippen LogP contribution in [0, 0.1) is 17.8 Å². The summed E-state index contributed by atoms with van der Waals surface area (Å²) in [5.74, 6) is 0.385. The van der Waals surface area contributed by atoms with Gasteiger partial charge in [-0.15, -0.1) is 22.9 Å². The van der Waals surface area contributed by atoms with Crippen molar-refractivity contribution in [1.82, 2.24) is 0 Å². The van der Waals surface area contributed by atoms with E-state index in [0.717, 1.165) is 37.0 Å². The van der Waals surface area contributed by atoms with Crippen molar-refractivity contribution in [3.63, 3.8) is 0 Å². The molecule has 1 aromatic heterocycles. The number of carbonyl (C=O) groups is 1. The first-order valence-electron chi connectivity index (χ1n) is 10.3. The summed E-state index contributed by atoms with van der Waals surface area (Å²) in [4.78, 5) is 12.5. The number of aromatic carboxylic acids is 1. The molecular weight excluding hydrogens is 396 g/mol. The Morgan fingerprint density at radius 1 is 1.32 bits per heavy atom. The average molecular weight is 429 g/mol. The van der Waals surface area contributed by atoms with Crippen LogP contribution in [-0.4, -0.2) is 38.9 Å². The number of carboxylic acid groups (broad SMARTS) is 1. The molecule has 1 heterocycles. The third-order valence-corrected chi connectivity index (χ3v) is 7.36. The van der Waals surface area contributed by atoms with Gasteiger partial charge in [0.1, 0.15) is 4.88 Å². The molecule has 3 N–H and O–H groups in total. The van der Waals surface area contributed by atoms with Crippen LogP contribution in [0.3, 0.4) is 0 Å². The Bertz CT molecular complexity index is 642. The van der Waals surface area contributed by atoms with E-state index in [1.165, 1.54) is 11.3 Å². The summed E-state index contributed by atoms with van der Waals surface area (Å²) in [7, 11) is 0. The van der Waals surface area contributed by atoms with Gasteiger partial charge in [0.15, 0.2) is 0 Å². The molecule has 28 heavy (non-hydrogen) atoms. The molecular formula is C22H33ClO4S. The number of alkyl halides is 1. The lowest BCUT2D eigenvalue weighted by Crippen LogP contribution is -2.16. The van der Waals surface area contributed by atoms with E-state index in [-0.39, 0.29) is 11.5 Å². The number of halogens is 1. The van der Waals surface area contributed by atoms with E-state index in [9.17, 15) is 15.0 Å². The van der Waals surface area contributed by atoms with Crippen molar-refractivity contribution in [3.05, 3.63) is 34.0 Å². The Morgan fingerprint density at radius 2 is 2.07 bits per heavy atom. The third kappa shape index (κ3) is 7.18. The Labute approximate surface area is 177 Å². The van der Waals surface area contributed by atoms with Crippen molar-refractivity contribution in [2.45, 2.75) is 76.4 Å². The predicted octanol–water partition coefficient (Wildman–Crippen LogP) is 5.12. The maximum atomic E-state index is 11.0. The minimum atomic E-state index is -0.862. The highest BCUT2D eigenvalue weighted by molar-refractivity contribution is 7.13. The van der Waals surface area contributed by atoms with Gasteiger partial charge in [-0.2, -0.15) is 0 Å². The molecule has 1 aliphatic rings. The maximum Gasteiger partial charge on any atom is 0.345 e. The topological polar surface area (TPSA) is 77.8 Å². The Balaban J connectivity index is 1.84. The first kappa shape index (κ1) is 23.4. The Hall–Kier alpha value is -0.880. The van der Waals surface area contributed by atoms with Gasteiger partial charge in [0.2, 0.25) is 0 Å². The molecule has 0 aromatic carbocycles. The highest BCUT2D eigenvalue weighted by Gasteiger charge is 2.38. The van der Waals surface area contributed by atoms with Crippen molar-refractivity contribution in [2.75, 3.05) is 0 Å². The lowest BCUT2D eigenvalue weighted by Gasteiger charge is -2.21. The van der Waals surface area contributed by atoms with E-state index in [4.69, 9.17) is 16.7 Å². The zero-order valence-electron chi connectivity index (χ0n) is 16.8. The molecule has 6 heteroatoms. The second kappa shape index (κ2) is 11.3. The summed E-state index contributed by atoms with van der Waals surface area (Å²) in [6, 6.07) is 3.58. The molecule has 0 bridgehead atoms.